The van der Waals surface area contributed by atoms with Crippen LogP contribution in [0.3, 0.4) is 0 Å². The van der Waals surface area contributed by atoms with E-state index < -0.39 is 11.6 Å². The Kier molecular flexibility index (Phi) is 4.34. The van der Waals surface area contributed by atoms with Crippen molar-refractivity contribution in [1.29, 1.82) is 0 Å². The van der Waals surface area contributed by atoms with Crippen LogP contribution in [0, 0.1) is 11.6 Å². The van der Waals surface area contributed by atoms with E-state index in [4.69, 9.17) is 4.74 Å². The van der Waals surface area contributed by atoms with Crippen molar-refractivity contribution in [3.63, 3.8) is 0 Å². The molecule has 0 aliphatic heterocycles. The fourth-order valence-electron chi connectivity index (χ4n) is 1.77. The molecule has 100 valence electrons. The van der Waals surface area contributed by atoms with Crippen LogP contribution < -0.4 is 10.1 Å². The number of ether oxygens (including phenoxy) is 1. The smallest absolute Gasteiger partial charge is 0.181 e. The first-order valence-corrected chi connectivity index (χ1v) is 6.01. The number of nitrogens with one attached hydrogen (secondary N) is 1. The summed E-state index contributed by atoms with van der Waals surface area (Å²) in [5.74, 6) is -0.875. The maximum absolute atomic E-state index is 13.4. The molecule has 4 heteroatoms. The topological polar surface area (TPSA) is 21.3 Å². The normalized spacial score (nSPS) is 10.3. The minimum Gasteiger partial charge on any atom is -0.497 e. The van der Waals surface area contributed by atoms with Gasteiger partial charge in [0.15, 0.2) is 11.6 Å². The van der Waals surface area contributed by atoms with Crippen LogP contribution in [-0.2, 0) is 6.42 Å². The minimum absolute atomic E-state index is 0.188. The number of benzene rings is 2. The summed E-state index contributed by atoms with van der Waals surface area (Å²) in [4.78, 5) is 0. The molecule has 0 aliphatic rings. The molecule has 0 aromatic heterocycles. The highest BCUT2D eigenvalue weighted by atomic mass is 19.2. The summed E-state index contributed by atoms with van der Waals surface area (Å²) in [5.41, 5.74) is 1.29. The Labute approximate surface area is 111 Å². The summed E-state index contributed by atoms with van der Waals surface area (Å²) < 4.78 is 31.4. The number of methoxy groups -OCH3 is 1. The Morgan fingerprint density at radius 1 is 1.05 bits per heavy atom. The maximum atomic E-state index is 13.4. The van der Waals surface area contributed by atoms with Crippen LogP contribution in [0.2, 0.25) is 0 Å². The van der Waals surface area contributed by atoms with Gasteiger partial charge in [-0.05, 0) is 36.2 Å². The highest BCUT2D eigenvalue weighted by Gasteiger charge is 2.06. The highest BCUT2D eigenvalue weighted by Crippen LogP contribution is 2.17. The van der Waals surface area contributed by atoms with Crippen molar-refractivity contribution < 1.29 is 13.5 Å². The Balaban J connectivity index is 1.90. The monoisotopic (exact) mass is 263 g/mol. The second kappa shape index (κ2) is 6.18. The molecule has 0 amide bonds. The van der Waals surface area contributed by atoms with Crippen LogP contribution >= 0.6 is 0 Å². The molecule has 0 bridgehead atoms. The van der Waals surface area contributed by atoms with Crippen LogP contribution in [0.25, 0.3) is 0 Å². The van der Waals surface area contributed by atoms with Crippen molar-refractivity contribution in [3.8, 4) is 5.75 Å². The fraction of sp³-hybridized carbons (Fsp3) is 0.200. The van der Waals surface area contributed by atoms with Crippen LogP contribution in [-0.4, -0.2) is 13.7 Å². The third kappa shape index (κ3) is 3.44. The molecule has 2 aromatic carbocycles. The zero-order chi connectivity index (χ0) is 13.7. The Bertz CT molecular complexity index is 540. The van der Waals surface area contributed by atoms with E-state index in [0.717, 1.165) is 23.8 Å². The number of rotatable bonds is 5. The molecule has 0 aliphatic carbocycles. The lowest BCUT2D eigenvalue weighted by atomic mass is 10.1. The number of hydrogen-bond donors (Lipinski definition) is 1. The molecule has 2 nitrogen and oxygen atoms in total. The lowest BCUT2D eigenvalue weighted by Gasteiger charge is -2.08. The molecule has 2 aromatic rings. The van der Waals surface area contributed by atoms with Crippen molar-refractivity contribution in [2.45, 2.75) is 6.42 Å². The van der Waals surface area contributed by atoms with E-state index in [1.54, 1.807) is 7.11 Å². The van der Waals surface area contributed by atoms with Gasteiger partial charge in [-0.25, -0.2) is 8.78 Å². The van der Waals surface area contributed by atoms with Crippen LogP contribution in [0.15, 0.2) is 42.5 Å². The van der Waals surface area contributed by atoms with Crippen molar-refractivity contribution in [1.82, 2.24) is 0 Å². The van der Waals surface area contributed by atoms with E-state index in [1.807, 2.05) is 24.3 Å². The Hall–Kier alpha value is -2.10. The van der Waals surface area contributed by atoms with Gasteiger partial charge in [-0.15, -0.1) is 0 Å². The van der Waals surface area contributed by atoms with Gasteiger partial charge in [0, 0.05) is 6.54 Å². The SMILES string of the molecule is COc1ccc(CCNc2cccc(F)c2F)cc1. The average Bonchev–Trinajstić information content (AvgIpc) is 2.44. The third-order valence-electron chi connectivity index (χ3n) is 2.84. The first-order valence-electron chi connectivity index (χ1n) is 6.01. The zero-order valence-electron chi connectivity index (χ0n) is 10.6. The fourth-order valence-corrected chi connectivity index (χ4v) is 1.77. The molecule has 19 heavy (non-hydrogen) atoms. The van der Waals surface area contributed by atoms with E-state index in [1.165, 1.54) is 12.1 Å². The quantitative estimate of drug-likeness (QED) is 0.889. The third-order valence-corrected chi connectivity index (χ3v) is 2.84. The van der Waals surface area contributed by atoms with E-state index in [-0.39, 0.29) is 5.69 Å². The minimum atomic E-state index is -0.838. The van der Waals surface area contributed by atoms with Gasteiger partial charge in [0.05, 0.1) is 12.8 Å². The van der Waals surface area contributed by atoms with Gasteiger partial charge in [0.25, 0.3) is 0 Å². The predicted octanol–water partition coefficient (Wildman–Crippen LogP) is 3.63. The molecule has 0 spiro atoms. The Morgan fingerprint density at radius 3 is 2.47 bits per heavy atom. The largest absolute Gasteiger partial charge is 0.497 e. The van der Waals surface area contributed by atoms with Crippen LogP contribution in [0.5, 0.6) is 5.75 Å². The Morgan fingerprint density at radius 2 is 1.79 bits per heavy atom. The molecular formula is C15H15F2NO. The van der Waals surface area contributed by atoms with Crippen LogP contribution in [0.4, 0.5) is 14.5 Å². The summed E-state index contributed by atoms with van der Waals surface area (Å²) in [6, 6.07) is 11.7. The molecule has 0 heterocycles. The van der Waals surface area contributed by atoms with Crippen molar-refractivity contribution in [2.75, 3.05) is 19.0 Å². The standard InChI is InChI=1S/C15H15F2NO/c1-19-12-7-5-11(6-8-12)9-10-18-14-4-2-3-13(16)15(14)17/h2-8,18H,9-10H2,1H3. The summed E-state index contributed by atoms with van der Waals surface area (Å²) in [5, 5.41) is 2.88. The van der Waals surface area contributed by atoms with Gasteiger partial charge >= 0.3 is 0 Å². The van der Waals surface area contributed by atoms with Crippen molar-refractivity contribution in [3.05, 3.63) is 59.7 Å². The first-order chi connectivity index (χ1) is 9.20. The number of hydrogen-bond acceptors (Lipinski definition) is 2. The van der Waals surface area contributed by atoms with E-state index in [0.29, 0.717) is 6.54 Å². The van der Waals surface area contributed by atoms with E-state index in [2.05, 4.69) is 5.32 Å². The maximum Gasteiger partial charge on any atom is 0.181 e. The van der Waals surface area contributed by atoms with E-state index >= 15 is 0 Å². The summed E-state index contributed by atoms with van der Waals surface area (Å²) in [6.07, 6.45) is 0.722. The zero-order valence-corrected chi connectivity index (χ0v) is 10.6. The molecule has 0 saturated heterocycles. The average molecular weight is 263 g/mol. The van der Waals surface area contributed by atoms with Gasteiger partial charge < -0.3 is 10.1 Å². The lowest BCUT2D eigenvalue weighted by Crippen LogP contribution is -2.07. The molecule has 0 fully saturated rings. The summed E-state index contributed by atoms with van der Waals surface area (Å²) in [7, 11) is 1.61. The second-order valence-electron chi connectivity index (χ2n) is 4.13. The molecule has 2 rings (SSSR count). The van der Waals surface area contributed by atoms with Crippen molar-refractivity contribution >= 4 is 5.69 Å². The molecule has 0 radical (unpaired) electrons. The lowest BCUT2D eigenvalue weighted by molar-refractivity contribution is 0.414. The molecular weight excluding hydrogens is 248 g/mol. The number of halogens is 2. The van der Waals surface area contributed by atoms with Gasteiger partial charge in [-0.1, -0.05) is 18.2 Å². The predicted molar refractivity (Wildman–Crippen MR) is 71.5 cm³/mol. The summed E-state index contributed by atoms with van der Waals surface area (Å²) in [6.45, 7) is 0.534. The molecule has 1 N–H and O–H groups in total. The number of anilines is 1. The molecule has 0 atom stereocenters. The summed E-state index contributed by atoms with van der Waals surface area (Å²) >= 11 is 0. The molecule has 0 unspecified atom stereocenters. The van der Waals surface area contributed by atoms with E-state index in [9.17, 15) is 8.78 Å². The highest BCUT2D eigenvalue weighted by molar-refractivity contribution is 5.45. The van der Waals surface area contributed by atoms with Gasteiger partial charge in [-0.2, -0.15) is 0 Å². The van der Waals surface area contributed by atoms with Crippen LogP contribution in [0.1, 0.15) is 5.56 Å². The van der Waals surface area contributed by atoms with Gasteiger partial charge in [0.1, 0.15) is 5.75 Å². The second-order valence-corrected chi connectivity index (χ2v) is 4.13. The first kappa shape index (κ1) is 13.3. The van der Waals surface area contributed by atoms with Crippen molar-refractivity contribution in [2.24, 2.45) is 0 Å². The van der Waals surface area contributed by atoms with Gasteiger partial charge in [-0.3, -0.25) is 0 Å². The van der Waals surface area contributed by atoms with Gasteiger partial charge in [0.2, 0.25) is 0 Å². The molecule has 0 saturated carbocycles.